The number of carbonyl (C=O) groups is 2. The number of hydrogen-bond donors (Lipinski definition) is 2. The average molecular weight is 304 g/mol. The van der Waals surface area contributed by atoms with Crippen LogP contribution in [0.3, 0.4) is 0 Å². The molecule has 1 aromatic rings. The number of carboxylic acid groups (broad SMARTS) is 1. The summed E-state index contributed by atoms with van der Waals surface area (Å²) in [5.41, 5.74) is 2.32. The molecule has 2 atom stereocenters. The van der Waals surface area contributed by atoms with E-state index in [4.69, 9.17) is 5.11 Å². The highest BCUT2D eigenvalue weighted by atomic mass is 16.4. The first-order valence-electron chi connectivity index (χ1n) is 7.88. The molecule has 5 heteroatoms. The number of aryl methyl sites for hydroxylation is 1. The van der Waals surface area contributed by atoms with E-state index in [9.17, 15) is 9.59 Å². The summed E-state index contributed by atoms with van der Waals surface area (Å²) in [5.74, 6) is -1.26. The number of rotatable bonds is 4. The second-order valence-corrected chi connectivity index (χ2v) is 5.89. The number of nitrogens with zero attached hydrogens (tertiary/aromatic N) is 1. The molecule has 0 aromatic heterocycles. The van der Waals surface area contributed by atoms with Crippen LogP contribution in [0.5, 0.6) is 0 Å². The van der Waals surface area contributed by atoms with Gasteiger partial charge in [-0.25, -0.2) is 4.79 Å². The van der Waals surface area contributed by atoms with E-state index in [1.165, 1.54) is 5.56 Å². The number of carboxylic acids is 1. The number of urea groups is 1. The van der Waals surface area contributed by atoms with Crippen LogP contribution < -0.4 is 5.32 Å². The van der Waals surface area contributed by atoms with E-state index in [1.54, 1.807) is 4.90 Å². The zero-order valence-corrected chi connectivity index (χ0v) is 13.2. The molecule has 2 N–H and O–H groups in total. The van der Waals surface area contributed by atoms with Crippen molar-refractivity contribution in [3.63, 3.8) is 0 Å². The lowest BCUT2D eigenvalue weighted by Crippen LogP contribution is -2.47. The number of aliphatic carboxylic acids is 1. The molecule has 1 aliphatic rings. The van der Waals surface area contributed by atoms with Crippen molar-refractivity contribution in [1.29, 1.82) is 0 Å². The van der Waals surface area contributed by atoms with Gasteiger partial charge in [-0.3, -0.25) is 4.79 Å². The minimum Gasteiger partial charge on any atom is -0.481 e. The van der Waals surface area contributed by atoms with Gasteiger partial charge in [-0.15, -0.1) is 0 Å². The van der Waals surface area contributed by atoms with Crippen molar-refractivity contribution >= 4 is 12.0 Å². The molecule has 22 heavy (non-hydrogen) atoms. The number of likely N-dealkylation sites (tertiary alicyclic amines) is 1. The highest BCUT2D eigenvalue weighted by Crippen LogP contribution is 2.18. The van der Waals surface area contributed by atoms with Crippen LogP contribution in [0.25, 0.3) is 0 Å². The van der Waals surface area contributed by atoms with Gasteiger partial charge in [-0.2, -0.15) is 0 Å². The maximum Gasteiger partial charge on any atom is 0.317 e. The Morgan fingerprint density at radius 2 is 2.05 bits per heavy atom. The lowest BCUT2D eigenvalue weighted by atomic mass is 9.98. The first-order valence-corrected chi connectivity index (χ1v) is 7.88. The van der Waals surface area contributed by atoms with Crippen LogP contribution in [0.15, 0.2) is 24.3 Å². The van der Waals surface area contributed by atoms with Crippen molar-refractivity contribution in [2.24, 2.45) is 5.92 Å². The SMILES string of the molecule is CCc1ccc(C(C)NC(=O)N2CCCC(C(=O)O)C2)cc1. The van der Waals surface area contributed by atoms with E-state index < -0.39 is 11.9 Å². The fourth-order valence-electron chi connectivity index (χ4n) is 2.77. The summed E-state index contributed by atoms with van der Waals surface area (Å²) in [5, 5.41) is 12.0. The van der Waals surface area contributed by atoms with Crippen molar-refractivity contribution in [1.82, 2.24) is 10.2 Å². The van der Waals surface area contributed by atoms with E-state index in [0.717, 1.165) is 18.4 Å². The average Bonchev–Trinajstić information content (AvgIpc) is 2.54. The Bertz CT molecular complexity index is 527. The number of nitrogens with one attached hydrogen (secondary N) is 1. The topological polar surface area (TPSA) is 69.6 Å². The molecule has 2 rings (SSSR count). The molecule has 1 saturated heterocycles. The summed E-state index contributed by atoms with van der Waals surface area (Å²) < 4.78 is 0. The zero-order chi connectivity index (χ0) is 16.1. The van der Waals surface area contributed by atoms with Crippen molar-refractivity contribution in [2.45, 2.75) is 39.2 Å². The normalized spacial score (nSPS) is 19.5. The molecule has 1 aliphatic heterocycles. The molecule has 120 valence electrons. The molecule has 1 heterocycles. The molecule has 0 saturated carbocycles. The van der Waals surface area contributed by atoms with Crippen LogP contribution in [-0.4, -0.2) is 35.1 Å². The predicted molar refractivity (Wildman–Crippen MR) is 84.7 cm³/mol. The predicted octanol–water partition coefficient (Wildman–Crippen LogP) is 2.82. The molecule has 1 fully saturated rings. The van der Waals surface area contributed by atoms with Crippen molar-refractivity contribution in [3.8, 4) is 0 Å². The van der Waals surface area contributed by atoms with Crippen LogP contribution >= 0.6 is 0 Å². The summed E-state index contributed by atoms with van der Waals surface area (Å²) >= 11 is 0. The highest BCUT2D eigenvalue weighted by molar-refractivity contribution is 5.77. The Hall–Kier alpha value is -2.04. The third-order valence-corrected chi connectivity index (χ3v) is 4.29. The smallest absolute Gasteiger partial charge is 0.317 e. The van der Waals surface area contributed by atoms with Crippen LogP contribution in [0, 0.1) is 5.92 Å². The van der Waals surface area contributed by atoms with Crippen LogP contribution in [0.2, 0.25) is 0 Å². The maximum atomic E-state index is 12.3. The Morgan fingerprint density at radius 3 is 2.64 bits per heavy atom. The zero-order valence-electron chi connectivity index (χ0n) is 13.2. The quantitative estimate of drug-likeness (QED) is 0.898. The second kappa shape index (κ2) is 7.29. The standard InChI is InChI=1S/C17H24N2O3/c1-3-13-6-8-14(9-7-13)12(2)18-17(22)19-10-4-5-15(11-19)16(20)21/h6-9,12,15H,3-5,10-11H2,1-2H3,(H,18,22)(H,20,21). The summed E-state index contributed by atoms with van der Waals surface area (Å²) in [6, 6.07) is 7.92. The van der Waals surface area contributed by atoms with Crippen molar-refractivity contribution in [2.75, 3.05) is 13.1 Å². The van der Waals surface area contributed by atoms with Gasteiger partial charge in [-0.1, -0.05) is 31.2 Å². The largest absolute Gasteiger partial charge is 0.481 e. The molecular formula is C17H24N2O3. The van der Waals surface area contributed by atoms with Crippen molar-refractivity contribution in [3.05, 3.63) is 35.4 Å². The third kappa shape index (κ3) is 4.00. The summed E-state index contributed by atoms with van der Waals surface area (Å²) in [6.07, 6.45) is 2.38. The molecular weight excluding hydrogens is 280 g/mol. The van der Waals surface area contributed by atoms with Crippen LogP contribution in [0.1, 0.15) is 43.9 Å². The maximum absolute atomic E-state index is 12.3. The first-order chi connectivity index (χ1) is 10.5. The lowest BCUT2D eigenvalue weighted by molar-refractivity contribution is -0.143. The Balaban J connectivity index is 1.93. The number of amides is 2. The third-order valence-electron chi connectivity index (χ3n) is 4.29. The van der Waals surface area contributed by atoms with Crippen LogP contribution in [0.4, 0.5) is 4.79 Å². The van der Waals surface area contributed by atoms with Gasteiger partial charge in [0.05, 0.1) is 12.0 Å². The Kier molecular flexibility index (Phi) is 5.41. The van der Waals surface area contributed by atoms with Crippen molar-refractivity contribution < 1.29 is 14.7 Å². The van der Waals surface area contributed by atoms with E-state index in [-0.39, 0.29) is 12.1 Å². The van der Waals surface area contributed by atoms with E-state index in [2.05, 4.69) is 24.4 Å². The molecule has 5 nitrogen and oxygen atoms in total. The monoisotopic (exact) mass is 304 g/mol. The Morgan fingerprint density at radius 1 is 1.36 bits per heavy atom. The van der Waals surface area contributed by atoms with Crippen LogP contribution in [-0.2, 0) is 11.2 Å². The van der Waals surface area contributed by atoms with Gasteiger partial charge in [0, 0.05) is 13.1 Å². The first kappa shape index (κ1) is 16.3. The van der Waals surface area contributed by atoms with E-state index in [0.29, 0.717) is 19.5 Å². The number of hydrogen-bond acceptors (Lipinski definition) is 2. The highest BCUT2D eigenvalue weighted by Gasteiger charge is 2.28. The van der Waals surface area contributed by atoms with Gasteiger partial charge in [0.25, 0.3) is 0 Å². The Labute approximate surface area is 131 Å². The minimum absolute atomic E-state index is 0.0939. The molecule has 0 aliphatic carbocycles. The fourth-order valence-corrected chi connectivity index (χ4v) is 2.77. The van der Waals surface area contributed by atoms with E-state index in [1.807, 2.05) is 19.1 Å². The lowest BCUT2D eigenvalue weighted by Gasteiger charge is -2.31. The summed E-state index contributed by atoms with van der Waals surface area (Å²) in [7, 11) is 0. The summed E-state index contributed by atoms with van der Waals surface area (Å²) in [4.78, 5) is 25.0. The molecule has 0 radical (unpaired) electrons. The molecule has 1 aromatic carbocycles. The summed E-state index contributed by atoms with van der Waals surface area (Å²) in [6.45, 7) is 4.96. The van der Waals surface area contributed by atoms with Gasteiger partial charge in [0.2, 0.25) is 0 Å². The molecule has 2 amide bonds. The molecule has 2 unspecified atom stereocenters. The number of carbonyl (C=O) groups excluding carboxylic acids is 1. The van der Waals surface area contributed by atoms with Gasteiger partial charge in [0.15, 0.2) is 0 Å². The number of piperidine rings is 1. The van der Waals surface area contributed by atoms with E-state index >= 15 is 0 Å². The number of benzene rings is 1. The van der Waals surface area contributed by atoms with Gasteiger partial charge in [0.1, 0.15) is 0 Å². The van der Waals surface area contributed by atoms with Gasteiger partial charge >= 0.3 is 12.0 Å². The van der Waals surface area contributed by atoms with Gasteiger partial charge in [-0.05, 0) is 37.3 Å². The fraction of sp³-hybridized carbons (Fsp3) is 0.529. The molecule has 0 bridgehead atoms. The molecule has 0 spiro atoms. The van der Waals surface area contributed by atoms with Gasteiger partial charge < -0.3 is 15.3 Å². The second-order valence-electron chi connectivity index (χ2n) is 5.89. The minimum atomic E-state index is -0.819.